The highest BCUT2D eigenvalue weighted by Crippen LogP contribution is 2.19. The SMILES string of the molecule is CC(C)CC(N)C(=O)NC(Cc1c[nH]c2ccccc12)C(=O)NC(C)C(=O)NC(CO)C(=O)O. The average molecular weight is 476 g/mol. The first-order valence-electron chi connectivity index (χ1n) is 11.1. The third kappa shape index (κ3) is 7.29. The van der Waals surface area contributed by atoms with Gasteiger partial charge in [-0.05, 0) is 30.9 Å². The number of amides is 3. The number of nitrogens with one attached hydrogen (secondary N) is 4. The number of aromatic nitrogens is 1. The van der Waals surface area contributed by atoms with Crippen molar-refractivity contribution in [2.75, 3.05) is 6.61 Å². The first kappa shape index (κ1) is 26.8. The Morgan fingerprint density at radius 1 is 0.971 bits per heavy atom. The van der Waals surface area contributed by atoms with E-state index in [1.54, 1.807) is 6.20 Å². The maximum atomic E-state index is 13.1. The molecule has 0 aliphatic rings. The Hall–Kier alpha value is -3.44. The predicted molar refractivity (Wildman–Crippen MR) is 126 cm³/mol. The van der Waals surface area contributed by atoms with Crippen LogP contribution >= 0.6 is 0 Å². The van der Waals surface area contributed by atoms with Crippen LogP contribution in [0.3, 0.4) is 0 Å². The van der Waals surface area contributed by atoms with Gasteiger partial charge in [0.2, 0.25) is 17.7 Å². The second kappa shape index (κ2) is 12.1. The zero-order valence-corrected chi connectivity index (χ0v) is 19.5. The topological polar surface area (TPSA) is 187 Å². The van der Waals surface area contributed by atoms with Gasteiger partial charge in [-0.3, -0.25) is 14.4 Å². The fraction of sp³-hybridized carbons (Fsp3) is 0.478. The number of aliphatic hydroxyl groups excluding tert-OH is 1. The van der Waals surface area contributed by atoms with Gasteiger partial charge in [-0.15, -0.1) is 0 Å². The van der Waals surface area contributed by atoms with Crippen molar-refractivity contribution in [2.45, 2.75) is 57.8 Å². The van der Waals surface area contributed by atoms with Gasteiger partial charge in [-0.2, -0.15) is 0 Å². The van der Waals surface area contributed by atoms with Crippen molar-refractivity contribution in [3.05, 3.63) is 36.0 Å². The molecule has 11 nitrogen and oxygen atoms in total. The molecule has 4 unspecified atom stereocenters. The zero-order valence-electron chi connectivity index (χ0n) is 19.5. The average Bonchev–Trinajstić information content (AvgIpc) is 3.18. The monoisotopic (exact) mass is 475 g/mol. The van der Waals surface area contributed by atoms with E-state index >= 15 is 0 Å². The minimum Gasteiger partial charge on any atom is -0.480 e. The van der Waals surface area contributed by atoms with Crippen LogP contribution in [0.2, 0.25) is 0 Å². The Balaban J connectivity index is 2.18. The third-order valence-corrected chi connectivity index (χ3v) is 5.34. The van der Waals surface area contributed by atoms with Crippen molar-refractivity contribution in [3.63, 3.8) is 0 Å². The van der Waals surface area contributed by atoms with Crippen molar-refractivity contribution in [2.24, 2.45) is 11.7 Å². The summed E-state index contributed by atoms with van der Waals surface area (Å²) in [4.78, 5) is 52.2. The lowest BCUT2D eigenvalue weighted by Crippen LogP contribution is -2.57. The first-order valence-corrected chi connectivity index (χ1v) is 11.1. The lowest BCUT2D eigenvalue weighted by atomic mass is 10.0. The van der Waals surface area contributed by atoms with Gasteiger partial charge in [0.25, 0.3) is 0 Å². The Morgan fingerprint density at radius 3 is 2.24 bits per heavy atom. The fourth-order valence-corrected chi connectivity index (χ4v) is 3.49. The van der Waals surface area contributed by atoms with Gasteiger partial charge in [0, 0.05) is 23.5 Å². The number of carbonyl (C=O) groups is 4. The molecule has 2 aromatic rings. The maximum absolute atomic E-state index is 13.1. The molecule has 1 aromatic carbocycles. The standard InChI is InChI=1S/C23H33N5O6/c1-12(2)8-16(24)21(31)27-18(9-14-10-25-17-7-5-4-6-15(14)17)22(32)26-13(3)20(30)28-19(11-29)23(33)34/h4-7,10,12-13,16,18-19,25,29H,8-9,11,24H2,1-3H3,(H,26,32)(H,27,31)(H,28,30)(H,33,34). The molecule has 8 N–H and O–H groups in total. The van der Waals surface area contributed by atoms with E-state index in [1.165, 1.54) is 6.92 Å². The Labute approximate surface area is 197 Å². The van der Waals surface area contributed by atoms with Crippen LogP contribution in [0.1, 0.15) is 32.8 Å². The van der Waals surface area contributed by atoms with Crippen LogP contribution in [0.4, 0.5) is 0 Å². The van der Waals surface area contributed by atoms with Gasteiger partial charge in [0.05, 0.1) is 12.6 Å². The summed E-state index contributed by atoms with van der Waals surface area (Å²) in [6.45, 7) is 4.44. The fourth-order valence-electron chi connectivity index (χ4n) is 3.49. The molecule has 1 heterocycles. The number of carboxylic acids is 1. The minimum atomic E-state index is -1.50. The zero-order chi connectivity index (χ0) is 25.4. The number of aliphatic hydroxyl groups is 1. The molecule has 0 spiro atoms. The van der Waals surface area contributed by atoms with Gasteiger partial charge < -0.3 is 36.9 Å². The van der Waals surface area contributed by atoms with Crippen LogP contribution in [-0.4, -0.2) is 69.7 Å². The van der Waals surface area contributed by atoms with E-state index in [0.29, 0.717) is 6.42 Å². The van der Waals surface area contributed by atoms with Crippen molar-refractivity contribution >= 4 is 34.6 Å². The summed E-state index contributed by atoms with van der Waals surface area (Å²) < 4.78 is 0. The largest absolute Gasteiger partial charge is 0.480 e. The van der Waals surface area contributed by atoms with Crippen molar-refractivity contribution < 1.29 is 29.4 Å². The van der Waals surface area contributed by atoms with Crippen molar-refractivity contribution in [3.8, 4) is 0 Å². The van der Waals surface area contributed by atoms with E-state index in [1.807, 2.05) is 38.1 Å². The molecule has 2 rings (SSSR count). The number of para-hydroxylation sites is 1. The molecule has 0 radical (unpaired) electrons. The van der Waals surface area contributed by atoms with Crippen molar-refractivity contribution in [1.29, 1.82) is 0 Å². The highest BCUT2D eigenvalue weighted by Gasteiger charge is 2.29. The Kier molecular flexibility index (Phi) is 9.58. The number of aliphatic carboxylic acids is 1. The summed E-state index contributed by atoms with van der Waals surface area (Å²) in [5, 5.41) is 26.3. The normalized spacial score (nSPS) is 14.8. The number of fused-ring (bicyclic) bond motifs is 1. The summed E-state index contributed by atoms with van der Waals surface area (Å²) >= 11 is 0. The summed E-state index contributed by atoms with van der Waals surface area (Å²) in [5.74, 6) is -3.13. The first-order chi connectivity index (χ1) is 16.0. The Morgan fingerprint density at radius 2 is 1.62 bits per heavy atom. The number of H-pyrrole nitrogens is 1. The van der Waals surface area contributed by atoms with E-state index in [9.17, 15) is 19.2 Å². The summed E-state index contributed by atoms with van der Waals surface area (Å²) in [6, 6.07) is 3.05. The quantitative estimate of drug-likeness (QED) is 0.218. The van der Waals surface area contributed by atoms with Gasteiger partial charge in [-0.25, -0.2) is 4.79 Å². The molecule has 4 atom stereocenters. The van der Waals surface area contributed by atoms with Crippen molar-refractivity contribution in [1.82, 2.24) is 20.9 Å². The van der Waals surface area contributed by atoms with E-state index in [-0.39, 0.29) is 12.3 Å². The molecule has 0 aliphatic heterocycles. The van der Waals surface area contributed by atoms with Crippen LogP contribution in [-0.2, 0) is 25.6 Å². The number of rotatable bonds is 12. The summed E-state index contributed by atoms with van der Waals surface area (Å²) in [6.07, 6.45) is 2.32. The van der Waals surface area contributed by atoms with E-state index in [4.69, 9.17) is 15.9 Å². The molecule has 0 saturated carbocycles. The van der Waals surface area contributed by atoms with Crippen LogP contribution < -0.4 is 21.7 Å². The summed E-state index contributed by atoms with van der Waals surface area (Å²) in [5.41, 5.74) is 7.65. The van der Waals surface area contributed by atoms with Gasteiger partial charge >= 0.3 is 5.97 Å². The molecule has 3 amide bonds. The number of carbonyl (C=O) groups excluding carboxylic acids is 3. The highest BCUT2D eigenvalue weighted by atomic mass is 16.4. The molecular formula is C23H33N5O6. The molecular weight excluding hydrogens is 442 g/mol. The molecule has 0 fully saturated rings. The number of carboxylic acid groups (broad SMARTS) is 1. The van der Waals surface area contributed by atoms with Crippen LogP contribution in [0.5, 0.6) is 0 Å². The number of aromatic amines is 1. The van der Waals surface area contributed by atoms with Crippen LogP contribution in [0.25, 0.3) is 10.9 Å². The van der Waals surface area contributed by atoms with Gasteiger partial charge in [0.15, 0.2) is 0 Å². The second-order valence-corrected chi connectivity index (χ2v) is 8.67. The third-order valence-electron chi connectivity index (χ3n) is 5.34. The molecule has 0 aliphatic carbocycles. The van der Waals surface area contributed by atoms with Crippen LogP contribution in [0.15, 0.2) is 30.5 Å². The van der Waals surface area contributed by atoms with Crippen LogP contribution in [0, 0.1) is 5.92 Å². The molecule has 11 heteroatoms. The Bertz CT molecular complexity index is 1020. The minimum absolute atomic E-state index is 0.138. The summed E-state index contributed by atoms with van der Waals surface area (Å²) in [7, 11) is 0. The molecule has 34 heavy (non-hydrogen) atoms. The van der Waals surface area contributed by atoms with E-state index in [0.717, 1.165) is 16.5 Å². The number of hydrogen-bond acceptors (Lipinski definition) is 6. The lowest BCUT2D eigenvalue weighted by molar-refractivity contribution is -0.143. The molecule has 0 saturated heterocycles. The molecule has 1 aromatic heterocycles. The van der Waals surface area contributed by atoms with Gasteiger partial charge in [0.1, 0.15) is 18.1 Å². The number of hydrogen-bond donors (Lipinski definition) is 7. The van der Waals surface area contributed by atoms with Gasteiger partial charge in [-0.1, -0.05) is 32.0 Å². The predicted octanol–water partition coefficient (Wildman–Crippen LogP) is -0.365. The lowest BCUT2D eigenvalue weighted by Gasteiger charge is -2.23. The highest BCUT2D eigenvalue weighted by molar-refractivity contribution is 5.94. The maximum Gasteiger partial charge on any atom is 0.328 e. The second-order valence-electron chi connectivity index (χ2n) is 8.67. The van der Waals surface area contributed by atoms with E-state index < -0.39 is 54.5 Å². The van der Waals surface area contributed by atoms with E-state index in [2.05, 4.69) is 20.9 Å². The molecule has 0 bridgehead atoms. The number of nitrogens with two attached hydrogens (primary N) is 1. The molecule has 186 valence electrons. The number of benzene rings is 1. The smallest absolute Gasteiger partial charge is 0.328 e.